The minimum Gasteiger partial charge on any atom is -0.493 e. The number of para-hydroxylation sites is 1. The van der Waals surface area contributed by atoms with E-state index in [1.807, 2.05) is 42.5 Å². The summed E-state index contributed by atoms with van der Waals surface area (Å²) in [6.45, 7) is 0.602. The maximum Gasteiger partial charge on any atom is 0.252 e. The molecule has 0 bridgehead atoms. The first-order valence-corrected chi connectivity index (χ1v) is 10.8. The monoisotopic (exact) mass is 455 g/mol. The number of carbonyl (C=O) groups excluding carboxylic acids is 2. The lowest BCUT2D eigenvalue weighted by Crippen LogP contribution is -2.34. The molecule has 0 aliphatic heterocycles. The van der Waals surface area contributed by atoms with Crippen LogP contribution in [0.3, 0.4) is 0 Å². The molecule has 0 aliphatic carbocycles. The van der Waals surface area contributed by atoms with E-state index >= 15 is 0 Å². The number of amides is 2. The molecule has 4 aromatic rings. The second-order valence-electron chi connectivity index (χ2n) is 7.52. The van der Waals surface area contributed by atoms with Crippen molar-refractivity contribution in [2.45, 2.75) is 0 Å². The molecule has 2 N–H and O–H groups in total. The van der Waals surface area contributed by atoms with Crippen molar-refractivity contribution in [3.05, 3.63) is 90.0 Å². The van der Waals surface area contributed by atoms with Crippen LogP contribution in [0.4, 0.5) is 0 Å². The lowest BCUT2D eigenvalue weighted by atomic mass is 10.0. The van der Waals surface area contributed by atoms with Gasteiger partial charge in [0.2, 0.25) is 0 Å². The largest absolute Gasteiger partial charge is 0.493 e. The summed E-state index contributed by atoms with van der Waals surface area (Å²) in [4.78, 5) is 30.0. The summed E-state index contributed by atoms with van der Waals surface area (Å²) in [5.41, 5.74) is 3.23. The maximum absolute atomic E-state index is 13.1. The molecule has 0 saturated carbocycles. The lowest BCUT2D eigenvalue weighted by molar-refractivity contribution is 0.0928. The summed E-state index contributed by atoms with van der Waals surface area (Å²) in [5, 5.41) is 6.45. The van der Waals surface area contributed by atoms with Gasteiger partial charge in [-0.2, -0.15) is 0 Å². The molecule has 7 nitrogen and oxygen atoms in total. The number of carbonyl (C=O) groups is 2. The average molecular weight is 456 g/mol. The molecule has 0 fully saturated rings. The highest BCUT2D eigenvalue weighted by atomic mass is 16.5. The number of hydrogen-bond acceptors (Lipinski definition) is 5. The number of benzene rings is 3. The van der Waals surface area contributed by atoms with Crippen LogP contribution in [0.5, 0.6) is 11.5 Å². The van der Waals surface area contributed by atoms with Gasteiger partial charge in [-0.05, 0) is 42.5 Å². The van der Waals surface area contributed by atoms with E-state index in [0.717, 1.165) is 10.9 Å². The first-order chi connectivity index (χ1) is 16.6. The van der Waals surface area contributed by atoms with Gasteiger partial charge in [-0.25, -0.2) is 4.98 Å². The predicted molar refractivity (Wildman–Crippen MR) is 131 cm³/mol. The maximum atomic E-state index is 13.1. The Morgan fingerprint density at radius 3 is 2.18 bits per heavy atom. The Morgan fingerprint density at radius 2 is 1.44 bits per heavy atom. The van der Waals surface area contributed by atoms with Gasteiger partial charge < -0.3 is 20.1 Å². The minimum absolute atomic E-state index is 0.181. The normalized spacial score (nSPS) is 10.5. The van der Waals surface area contributed by atoms with E-state index < -0.39 is 0 Å². The number of fused-ring (bicyclic) bond motifs is 1. The van der Waals surface area contributed by atoms with Crippen molar-refractivity contribution in [3.8, 4) is 22.8 Å². The number of nitrogens with zero attached hydrogens (tertiary/aromatic N) is 1. The van der Waals surface area contributed by atoms with Crippen LogP contribution < -0.4 is 20.1 Å². The molecular weight excluding hydrogens is 430 g/mol. The van der Waals surface area contributed by atoms with Crippen molar-refractivity contribution < 1.29 is 19.1 Å². The number of rotatable bonds is 8. The smallest absolute Gasteiger partial charge is 0.252 e. The van der Waals surface area contributed by atoms with Crippen molar-refractivity contribution in [2.75, 3.05) is 27.3 Å². The number of methoxy groups -OCH3 is 2. The van der Waals surface area contributed by atoms with Gasteiger partial charge in [0.25, 0.3) is 11.8 Å². The van der Waals surface area contributed by atoms with Crippen LogP contribution in [0.15, 0.2) is 78.9 Å². The molecule has 34 heavy (non-hydrogen) atoms. The van der Waals surface area contributed by atoms with Gasteiger partial charge in [0, 0.05) is 29.6 Å². The van der Waals surface area contributed by atoms with Gasteiger partial charge in [0.05, 0.1) is 31.0 Å². The zero-order valence-electron chi connectivity index (χ0n) is 19.0. The summed E-state index contributed by atoms with van der Waals surface area (Å²) >= 11 is 0. The highest BCUT2D eigenvalue weighted by Crippen LogP contribution is 2.33. The molecule has 0 unspecified atom stereocenters. The molecule has 1 aromatic heterocycles. The fourth-order valence-electron chi connectivity index (χ4n) is 3.65. The van der Waals surface area contributed by atoms with E-state index in [2.05, 4.69) is 10.6 Å². The van der Waals surface area contributed by atoms with E-state index in [-0.39, 0.29) is 11.8 Å². The summed E-state index contributed by atoms with van der Waals surface area (Å²) in [6, 6.07) is 23.7. The Bertz CT molecular complexity index is 1320. The second kappa shape index (κ2) is 10.5. The molecule has 3 aromatic carbocycles. The molecule has 172 valence electrons. The van der Waals surface area contributed by atoms with Gasteiger partial charge in [-0.1, -0.05) is 36.4 Å². The number of ether oxygens (including phenoxy) is 2. The molecule has 0 atom stereocenters. The molecule has 0 spiro atoms. The van der Waals surface area contributed by atoms with Gasteiger partial charge >= 0.3 is 0 Å². The Kier molecular flexibility index (Phi) is 7.03. The first kappa shape index (κ1) is 22.8. The van der Waals surface area contributed by atoms with E-state index in [9.17, 15) is 9.59 Å². The molecule has 1 heterocycles. The predicted octanol–water partition coefficient (Wildman–Crippen LogP) is 4.08. The number of hydrogen-bond donors (Lipinski definition) is 2. The van der Waals surface area contributed by atoms with Crippen LogP contribution in [-0.2, 0) is 0 Å². The molecule has 0 radical (unpaired) electrons. The van der Waals surface area contributed by atoms with Crippen molar-refractivity contribution in [1.29, 1.82) is 0 Å². The third-order valence-electron chi connectivity index (χ3n) is 5.37. The zero-order valence-corrected chi connectivity index (χ0v) is 19.0. The third kappa shape index (κ3) is 4.99. The van der Waals surface area contributed by atoms with Crippen LogP contribution in [-0.4, -0.2) is 44.1 Å². The Hall–Kier alpha value is -4.39. The van der Waals surface area contributed by atoms with Crippen LogP contribution in [0.2, 0.25) is 0 Å². The standard InChI is InChI=1S/C27H25N3O4/c1-33-24-13-12-19(16-25(24)34-2)23-17-21(20-10-6-7-11-22(20)30-23)27(32)29-15-14-28-26(31)18-8-4-3-5-9-18/h3-13,16-17H,14-15H2,1-2H3,(H,28,31)(H,29,32). The SMILES string of the molecule is COc1ccc(-c2cc(C(=O)NCCNC(=O)c3ccccc3)c3ccccc3n2)cc1OC. The van der Waals surface area contributed by atoms with E-state index in [4.69, 9.17) is 14.5 Å². The minimum atomic E-state index is -0.241. The molecular formula is C27H25N3O4. The quantitative estimate of drug-likeness (QED) is 0.391. The number of aromatic nitrogens is 1. The van der Waals surface area contributed by atoms with E-state index in [1.54, 1.807) is 50.6 Å². The van der Waals surface area contributed by atoms with Gasteiger partial charge in [0.15, 0.2) is 11.5 Å². The highest BCUT2D eigenvalue weighted by Gasteiger charge is 2.15. The van der Waals surface area contributed by atoms with Crippen molar-refractivity contribution >= 4 is 22.7 Å². The fourth-order valence-corrected chi connectivity index (χ4v) is 3.65. The fraction of sp³-hybridized carbons (Fsp3) is 0.148. The van der Waals surface area contributed by atoms with Crippen molar-refractivity contribution in [3.63, 3.8) is 0 Å². The van der Waals surface area contributed by atoms with Gasteiger partial charge in [0.1, 0.15) is 0 Å². The van der Waals surface area contributed by atoms with E-state index in [1.165, 1.54) is 0 Å². The zero-order chi connectivity index (χ0) is 23.9. The molecule has 4 rings (SSSR count). The first-order valence-electron chi connectivity index (χ1n) is 10.8. The lowest BCUT2D eigenvalue weighted by Gasteiger charge is -2.13. The Balaban J connectivity index is 1.53. The number of pyridine rings is 1. The van der Waals surface area contributed by atoms with Crippen LogP contribution in [0.1, 0.15) is 20.7 Å². The summed E-state index contributed by atoms with van der Waals surface area (Å²) in [7, 11) is 3.15. The summed E-state index contributed by atoms with van der Waals surface area (Å²) < 4.78 is 10.7. The Labute approximate surface area is 197 Å². The van der Waals surface area contributed by atoms with Crippen molar-refractivity contribution in [2.24, 2.45) is 0 Å². The highest BCUT2D eigenvalue weighted by molar-refractivity contribution is 6.07. The van der Waals surface area contributed by atoms with Crippen molar-refractivity contribution in [1.82, 2.24) is 15.6 Å². The van der Waals surface area contributed by atoms with Crippen LogP contribution in [0.25, 0.3) is 22.2 Å². The van der Waals surface area contributed by atoms with Crippen LogP contribution in [0, 0.1) is 0 Å². The van der Waals surface area contributed by atoms with Crippen LogP contribution >= 0.6 is 0 Å². The summed E-state index contributed by atoms with van der Waals surface area (Å²) in [5.74, 6) is 0.770. The average Bonchev–Trinajstić information content (AvgIpc) is 2.90. The topological polar surface area (TPSA) is 89.6 Å². The molecule has 2 amide bonds. The van der Waals surface area contributed by atoms with Gasteiger partial charge in [-0.3, -0.25) is 9.59 Å². The van der Waals surface area contributed by atoms with Gasteiger partial charge in [-0.15, -0.1) is 0 Å². The third-order valence-corrected chi connectivity index (χ3v) is 5.37. The van der Waals surface area contributed by atoms with E-state index in [0.29, 0.717) is 46.9 Å². The molecule has 0 saturated heterocycles. The molecule has 7 heteroatoms. The summed E-state index contributed by atoms with van der Waals surface area (Å²) in [6.07, 6.45) is 0. The Morgan fingerprint density at radius 1 is 0.765 bits per heavy atom. The molecule has 0 aliphatic rings. The number of nitrogens with one attached hydrogen (secondary N) is 2. The second-order valence-corrected chi connectivity index (χ2v) is 7.52.